The van der Waals surface area contributed by atoms with Gasteiger partial charge in [-0.1, -0.05) is 160 Å². The van der Waals surface area contributed by atoms with Crippen LogP contribution >= 0.6 is 92.7 Å². The van der Waals surface area contributed by atoms with Crippen molar-refractivity contribution >= 4 is 127 Å². The number of benzene rings is 4. The van der Waals surface area contributed by atoms with E-state index in [4.69, 9.17) is 74.3 Å². The maximum absolute atomic E-state index is 13.9. The molecule has 1 aliphatic heterocycles. The van der Waals surface area contributed by atoms with Crippen LogP contribution in [0.2, 0.25) is 0 Å². The quantitative estimate of drug-likeness (QED) is 0.0650. The van der Waals surface area contributed by atoms with E-state index < -0.39 is 30.7 Å². The number of nitrogens with zero attached hydrogens (tertiary/aromatic N) is 4. The second kappa shape index (κ2) is 17.2. The summed E-state index contributed by atoms with van der Waals surface area (Å²) in [6.45, 7) is 2.05. The van der Waals surface area contributed by atoms with E-state index in [0.29, 0.717) is 21.7 Å². The monoisotopic (exact) mass is 929 g/mol. The van der Waals surface area contributed by atoms with Crippen molar-refractivity contribution in [2.45, 2.75) is 19.4 Å². The minimum atomic E-state index is -2.04. The number of hydrogen-bond donors (Lipinski definition) is 1. The lowest BCUT2D eigenvalue weighted by Crippen LogP contribution is -2.31. The molecule has 6 aromatic rings. The smallest absolute Gasteiger partial charge is 0.338 e. The first-order valence-electron chi connectivity index (χ1n) is 17.0. The molecule has 7 rings (SSSR count). The number of fused-ring (bicyclic) bond motifs is 1. The van der Waals surface area contributed by atoms with Crippen LogP contribution in [0.15, 0.2) is 113 Å². The third-order valence-corrected chi connectivity index (χ3v) is 11.9. The van der Waals surface area contributed by atoms with Gasteiger partial charge in [0.25, 0.3) is 5.56 Å². The number of carbonyl (C=O) groups excluding carboxylic acids is 3. The molecule has 2 aromatic heterocycles. The van der Waals surface area contributed by atoms with Gasteiger partial charge in [-0.15, -0.1) is 11.3 Å². The van der Waals surface area contributed by atoms with Crippen molar-refractivity contribution in [3.63, 3.8) is 0 Å². The third-order valence-electron chi connectivity index (χ3n) is 8.51. The second-order valence-electron chi connectivity index (χ2n) is 12.5. The zero-order valence-corrected chi connectivity index (χ0v) is 35.8. The van der Waals surface area contributed by atoms with Crippen LogP contribution in [0, 0.1) is 6.92 Å². The normalized spacial score (nSPS) is 13.6. The summed E-state index contributed by atoms with van der Waals surface area (Å²) in [5, 5.41) is 0.554. The van der Waals surface area contributed by atoms with Gasteiger partial charge in [-0.05, 0) is 36.8 Å². The van der Waals surface area contributed by atoms with Crippen LogP contribution in [0.4, 0.5) is 5.69 Å². The fourth-order valence-electron chi connectivity index (χ4n) is 5.78. The van der Waals surface area contributed by atoms with E-state index in [9.17, 15) is 19.2 Å². The van der Waals surface area contributed by atoms with Crippen molar-refractivity contribution in [2.24, 2.45) is 0 Å². The summed E-state index contributed by atoms with van der Waals surface area (Å²) < 4.78 is 2.02. The highest BCUT2D eigenvalue weighted by Gasteiger charge is 2.34. The molecule has 0 atom stereocenters. The van der Waals surface area contributed by atoms with Gasteiger partial charge in [0.1, 0.15) is 26.4 Å². The van der Waals surface area contributed by atoms with Crippen LogP contribution in [0.5, 0.6) is 0 Å². The standard InChI is InChI=1S/C40H25Cl6N5O5S2/c1-21-12-17-26-27(20-21)57-35(31-33(54)49-34(58-31)28(29(52)22-8-4-2-5-9-22)30(53)23-10-6-3-7-11-23)51(26)18-19-56-36(55)25-15-13-24(14-16-25)32-47-37(39(41,42)43)50-38(48-32)40(44,45)46/h2-17,20H,18-19H2,1H3,(H,49,54). The Bertz CT molecular complexity index is 2670. The Hall–Kier alpha value is -4.24. The van der Waals surface area contributed by atoms with E-state index in [-0.39, 0.29) is 51.0 Å². The number of aromatic nitrogens is 4. The number of alkyl halides is 6. The Morgan fingerprint density at radius 1 is 0.741 bits per heavy atom. The predicted molar refractivity (Wildman–Crippen MR) is 231 cm³/mol. The van der Waals surface area contributed by atoms with Crippen molar-refractivity contribution in [3.05, 3.63) is 157 Å². The molecular formula is C40H25Cl6N5O5S2. The predicted octanol–water partition coefficient (Wildman–Crippen LogP) is 8.70. The number of carbonyl (C=O) groups is 3. The summed E-state index contributed by atoms with van der Waals surface area (Å²) >= 11 is 38.4. The number of aromatic amines is 1. The highest BCUT2D eigenvalue weighted by molar-refractivity contribution is 8.08. The number of Topliss-reactive ketones (excluding diaryl/α,β-unsaturated/α-hetero) is 2. The van der Waals surface area contributed by atoms with E-state index in [1.807, 2.05) is 30.0 Å². The van der Waals surface area contributed by atoms with Crippen molar-refractivity contribution in [3.8, 4) is 11.4 Å². The molecule has 0 bridgehead atoms. The van der Waals surface area contributed by atoms with E-state index in [1.165, 1.54) is 23.9 Å². The number of aryl methyl sites for hydroxylation is 1. The zero-order valence-electron chi connectivity index (χ0n) is 29.6. The molecular weight excluding hydrogens is 907 g/mol. The molecule has 10 nitrogen and oxygen atoms in total. The fourth-order valence-corrected chi connectivity index (χ4v) is 8.73. The van der Waals surface area contributed by atoms with Crippen molar-refractivity contribution in [2.75, 3.05) is 18.1 Å². The summed E-state index contributed by atoms with van der Waals surface area (Å²) in [6, 6.07) is 28.8. The SMILES string of the molecule is Cc1ccc2c(c1)SC(=c1sc(=C(C(=O)c3ccccc3)C(=O)c3ccccc3)[nH]c1=O)N2CCOC(=O)c1ccc(-c2nc(C(Cl)(Cl)Cl)nc(C(Cl)(Cl)Cl)n2)cc1. The highest BCUT2D eigenvalue weighted by atomic mass is 35.6. The number of ether oxygens (including phenoxy) is 1. The summed E-state index contributed by atoms with van der Waals surface area (Å²) in [4.78, 5) is 72.8. The third kappa shape index (κ3) is 9.15. The molecule has 0 unspecified atom stereocenters. The van der Waals surface area contributed by atoms with Crippen LogP contribution in [0.25, 0.3) is 22.0 Å². The average Bonchev–Trinajstić information content (AvgIpc) is 3.76. The highest BCUT2D eigenvalue weighted by Crippen LogP contribution is 2.46. The summed E-state index contributed by atoms with van der Waals surface area (Å²) in [5.41, 5.74) is 2.39. The Labute approximate surface area is 368 Å². The molecule has 1 aliphatic rings. The Morgan fingerprint density at radius 3 is 1.86 bits per heavy atom. The number of nitrogens with one attached hydrogen (secondary N) is 1. The molecule has 0 aliphatic carbocycles. The van der Waals surface area contributed by atoms with Gasteiger partial charge < -0.3 is 14.6 Å². The largest absolute Gasteiger partial charge is 0.460 e. The molecule has 58 heavy (non-hydrogen) atoms. The van der Waals surface area contributed by atoms with Gasteiger partial charge >= 0.3 is 5.97 Å². The lowest BCUT2D eigenvalue weighted by Gasteiger charge is -2.20. The molecule has 0 spiro atoms. The van der Waals surface area contributed by atoms with Gasteiger partial charge in [0, 0.05) is 21.6 Å². The summed E-state index contributed by atoms with van der Waals surface area (Å²) in [5.74, 6) is -2.16. The zero-order chi connectivity index (χ0) is 41.4. The van der Waals surface area contributed by atoms with Crippen molar-refractivity contribution < 1.29 is 19.1 Å². The number of ketones is 2. The Kier molecular flexibility index (Phi) is 12.4. The van der Waals surface area contributed by atoms with Gasteiger partial charge in [0.05, 0.1) is 17.8 Å². The molecule has 294 valence electrons. The molecule has 0 amide bonds. The molecule has 0 radical (unpaired) electrons. The maximum atomic E-state index is 13.9. The minimum absolute atomic E-state index is 0.0337. The summed E-state index contributed by atoms with van der Waals surface area (Å²) in [7, 11) is 0. The van der Waals surface area contributed by atoms with E-state index in [0.717, 1.165) is 27.5 Å². The number of rotatable bonds is 9. The van der Waals surface area contributed by atoms with Crippen LogP contribution in [0.1, 0.15) is 48.3 Å². The number of hydrogen-bond acceptors (Lipinski definition) is 11. The number of thioether (sulfide) groups is 1. The van der Waals surface area contributed by atoms with Crippen LogP contribution in [0.3, 0.4) is 0 Å². The molecule has 4 aromatic carbocycles. The molecule has 0 fully saturated rings. The number of esters is 1. The van der Waals surface area contributed by atoms with Gasteiger partial charge in [0.2, 0.25) is 7.59 Å². The van der Waals surface area contributed by atoms with E-state index in [2.05, 4.69) is 19.9 Å². The first kappa shape index (κ1) is 41.9. The van der Waals surface area contributed by atoms with Crippen LogP contribution in [-0.2, 0) is 12.3 Å². The lowest BCUT2D eigenvalue weighted by atomic mass is 9.97. The molecule has 1 N–H and O–H groups in total. The molecule has 18 heteroatoms. The first-order chi connectivity index (χ1) is 27.6. The fraction of sp³-hybridized carbons (Fsp3) is 0.125. The topological polar surface area (TPSA) is 135 Å². The Morgan fingerprint density at radius 2 is 1.31 bits per heavy atom. The second-order valence-corrected chi connectivity index (χ2v) is 19.1. The number of H-pyrrole nitrogens is 1. The van der Waals surface area contributed by atoms with Crippen LogP contribution < -0.4 is 19.7 Å². The van der Waals surface area contributed by atoms with Crippen LogP contribution in [-0.4, -0.2) is 50.6 Å². The average molecular weight is 933 g/mol. The molecule has 0 saturated carbocycles. The first-order valence-corrected chi connectivity index (χ1v) is 20.9. The van der Waals surface area contributed by atoms with Gasteiger partial charge in [-0.3, -0.25) is 14.4 Å². The summed E-state index contributed by atoms with van der Waals surface area (Å²) in [6.07, 6.45) is 0. The maximum Gasteiger partial charge on any atom is 0.338 e. The molecule has 3 heterocycles. The van der Waals surface area contributed by atoms with Gasteiger partial charge in [-0.25, -0.2) is 19.7 Å². The number of thiazole rings is 1. The number of halogens is 6. The molecule has 0 saturated heterocycles. The number of anilines is 1. The van der Waals surface area contributed by atoms with Crippen molar-refractivity contribution in [1.82, 2.24) is 19.9 Å². The van der Waals surface area contributed by atoms with E-state index in [1.54, 1.807) is 72.8 Å². The van der Waals surface area contributed by atoms with E-state index >= 15 is 0 Å². The lowest BCUT2D eigenvalue weighted by molar-refractivity contribution is 0.0517. The van der Waals surface area contributed by atoms with Gasteiger partial charge in [0.15, 0.2) is 29.0 Å². The Balaban J connectivity index is 1.19. The van der Waals surface area contributed by atoms with Crippen molar-refractivity contribution in [1.29, 1.82) is 0 Å². The van der Waals surface area contributed by atoms with Gasteiger partial charge in [-0.2, -0.15) is 0 Å². The minimum Gasteiger partial charge on any atom is -0.460 e.